The van der Waals surface area contributed by atoms with Crippen molar-refractivity contribution >= 4 is 17.4 Å². The van der Waals surface area contributed by atoms with E-state index >= 15 is 0 Å². The molecule has 0 bridgehead atoms. The predicted molar refractivity (Wildman–Crippen MR) is 73.4 cm³/mol. The molecule has 2 amide bonds. The smallest absolute Gasteiger partial charge is 0.317 e. The lowest BCUT2D eigenvalue weighted by molar-refractivity contribution is 0.203. The van der Waals surface area contributed by atoms with Crippen molar-refractivity contribution in [3.63, 3.8) is 0 Å². The molecule has 18 heavy (non-hydrogen) atoms. The fourth-order valence-corrected chi connectivity index (χ4v) is 2.27. The molecule has 2 N–H and O–H groups in total. The van der Waals surface area contributed by atoms with Gasteiger partial charge in [0.15, 0.2) is 0 Å². The van der Waals surface area contributed by atoms with Gasteiger partial charge in [-0.15, -0.1) is 11.3 Å². The Morgan fingerprint density at radius 2 is 2.22 bits per heavy atom. The summed E-state index contributed by atoms with van der Waals surface area (Å²) in [6.07, 6.45) is 0. The molecule has 0 atom stereocenters. The molecule has 5 heteroatoms. The van der Waals surface area contributed by atoms with Crippen LogP contribution < -0.4 is 5.32 Å². The van der Waals surface area contributed by atoms with Crippen molar-refractivity contribution in [3.8, 4) is 11.8 Å². The number of nitrogens with one attached hydrogen (secondary N) is 1. The molecule has 1 heterocycles. The van der Waals surface area contributed by atoms with Crippen molar-refractivity contribution in [2.45, 2.75) is 20.4 Å². The summed E-state index contributed by atoms with van der Waals surface area (Å²) < 4.78 is 0. The van der Waals surface area contributed by atoms with E-state index in [1.54, 1.807) is 16.2 Å². The Kier molecular flexibility index (Phi) is 6.26. The molecule has 0 aliphatic carbocycles. The minimum absolute atomic E-state index is 0.0607. The summed E-state index contributed by atoms with van der Waals surface area (Å²) in [6, 6.07) is 1.83. The van der Waals surface area contributed by atoms with Crippen LogP contribution in [0.1, 0.15) is 24.3 Å². The van der Waals surface area contributed by atoms with Gasteiger partial charge in [-0.2, -0.15) is 0 Å². The molecule has 0 unspecified atom stereocenters. The molecule has 98 valence electrons. The first-order valence-electron chi connectivity index (χ1n) is 5.91. The summed E-state index contributed by atoms with van der Waals surface area (Å²) in [5, 5.41) is 13.5. The van der Waals surface area contributed by atoms with Gasteiger partial charge < -0.3 is 15.3 Å². The Morgan fingerprint density at radius 3 is 2.83 bits per heavy atom. The van der Waals surface area contributed by atoms with Crippen molar-refractivity contribution in [1.82, 2.24) is 10.2 Å². The summed E-state index contributed by atoms with van der Waals surface area (Å²) in [5.41, 5.74) is 0.869. The van der Waals surface area contributed by atoms with Gasteiger partial charge in [0.25, 0.3) is 0 Å². The zero-order valence-corrected chi connectivity index (χ0v) is 11.5. The van der Waals surface area contributed by atoms with Crippen molar-refractivity contribution < 1.29 is 9.90 Å². The van der Waals surface area contributed by atoms with Gasteiger partial charge in [-0.3, -0.25) is 0 Å². The molecule has 0 spiro atoms. The van der Waals surface area contributed by atoms with Gasteiger partial charge in [-0.1, -0.05) is 11.8 Å². The number of hydrogen-bond acceptors (Lipinski definition) is 3. The Hall–Kier alpha value is -1.51. The Labute approximate surface area is 112 Å². The second kappa shape index (κ2) is 7.75. The fourth-order valence-electron chi connectivity index (χ4n) is 1.50. The average Bonchev–Trinajstić information content (AvgIpc) is 2.82. The van der Waals surface area contributed by atoms with E-state index in [-0.39, 0.29) is 12.6 Å². The third kappa shape index (κ3) is 4.06. The molecule has 1 aromatic heterocycles. The molecule has 0 aliphatic rings. The van der Waals surface area contributed by atoms with Crippen LogP contribution in [0.25, 0.3) is 0 Å². The highest BCUT2D eigenvalue weighted by molar-refractivity contribution is 7.10. The van der Waals surface area contributed by atoms with Gasteiger partial charge in [-0.25, -0.2) is 4.79 Å². The standard InChI is InChI=1S/C13H18N2O2S/c1-3-15(4-2)13(17)14-10-12-11(6-5-8-16)7-9-18-12/h7,9,16H,3-4,8,10H2,1-2H3,(H,14,17). The number of aliphatic hydroxyl groups is 1. The van der Waals surface area contributed by atoms with Crippen LogP contribution in [-0.2, 0) is 6.54 Å². The quantitative estimate of drug-likeness (QED) is 0.814. The lowest BCUT2D eigenvalue weighted by Gasteiger charge is -2.18. The van der Waals surface area contributed by atoms with Gasteiger partial charge in [0.2, 0.25) is 0 Å². The first-order valence-corrected chi connectivity index (χ1v) is 6.79. The molecule has 0 radical (unpaired) electrons. The highest BCUT2D eigenvalue weighted by Crippen LogP contribution is 2.15. The van der Waals surface area contributed by atoms with E-state index in [1.165, 1.54) is 0 Å². The molecular formula is C13H18N2O2S. The molecule has 0 fully saturated rings. The number of rotatable bonds is 4. The molecular weight excluding hydrogens is 248 g/mol. The largest absolute Gasteiger partial charge is 0.384 e. The van der Waals surface area contributed by atoms with Crippen LogP contribution in [0, 0.1) is 11.8 Å². The lowest BCUT2D eigenvalue weighted by Crippen LogP contribution is -2.39. The topological polar surface area (TPSA) is 52.6 Å². The number of carbonyl (C=O) groups is 1. The number of amides is 2. The second-order valence-corrected chi connectivity index (χ2v) is 4.55. The molecule has 0 aliphatic heterocycles. The van der Waals surface area contributed by atoms with Gasteiger partial charge in [-0.05, 0) is 25.3 Å². The third-order valence-corrected chi connectivity index (χ3v) is 3.42. The van der Waals surface area contributed by atoms with Crippen molar-refractivity contribution in [2.24, 2.45) is 0 Å². The molecule has 4 nitrogen and oxygen atoms in total. The zero-order chi connectivity index (χ0) is 13.4. The van der Waals surface area contributed by atoms with Crippen LogP contribution in [0.4, 0.5) is 4.79 Å². The Bertz CT molecular complexity index is 441. The summed E-state index contributed by atoms with van der Waals surface area (Å²) in [5.74, 6) is 5.48. The number of thiophene rings is 1. The predicted octanol–water partition coefficient (Wildman–Crippen LogP) is 1.64. The fraction of sp³-hybridized carbons (Fsp3) is 0.462. The van der Waals surface area contributed by atoms with Gasteiger partial charge in [0.05, 0.1) is 6.54 Å². The minimum Gasteiger partial charge on any atom is -0.384 e. The summed E-state index contributed by atoms with van der Waals surface area (Å²) in [6.45, 7) is 5.62. The van der Waals surface area contributed by atoms with Crippen molar-refractivity contribution in [3.05, 3.63) is 21.9 Å². The van der Waals surface area contributed by atoms with Crippen molar-refractivity contribution in [2.75, 3.05) is 19.7 Å². The second-order valence-electron chi connectivity index (χ2n) is 3.55. The molecule has 0 saturated heterocycles. The normalized spacial score (nSPS) is 9.50. The first-order chi connectivity index (χ1) is 8.72. The number of urea groups is 1. The van der Waals surface area contributed by atoms with E-state index < -0.39 is 0 Å². The van der Waals surface area contributed by atoms with Gasteiger partial charge in [0.1, 0.15) is 6.61 Å². The molecule has 0 saturated carbocycles. The van der Waals surface area contributed by atoms with E-state index in [9.17, 15) is 4.79 Å². The van der Waals surface area contributed by atoms with Crippen LogP contribution >= 0.6 is 11.3 Å². The van der Waals surface area contributed by atoms with E-state index in [2.05, 4.69) is 17.2 Å². The van der Waals surface area contributed by atoms with Gasteiger partial charge >= 0.3 is 6.03 Å². The van der Waals surface area contributed by atoms with E-state index in [0.29, 0.717) is 19.6 Å². The molecule has 0 aromatic carbocycles. The first kappa shape index (κ1) is 14.6. The van der Waals surface area contributed by atoms with Crippen LogP contribution in [0.5, 0.6) is 0 Å². The summed E-state index contributed by atoms with van der Waals surface area (Å²) in [7, 11) is 0. The highest BCUT2D eigenvalue weighted by atomic mass is 32.1. The Morgan fingerprint density at radius 1 is 1.50 bits per heavy atom. The average molecular weight is 266 g/mol. The third-order valence-electron chi connectivity index (χ3n) is 2.50. The summed E-state index contributed by atoms with van der Waals surface area (Å²) in [4.78, 5) is 14.5. The van der Waals surface area contributed by atoms with Crippen LogP contribution in [0.2, 0.25) is 0 Å². The van der Waals surface area contributed by atoms with E-state index in [1.807, 2.05) is 25.3 Å². The monoisotopic (exact) mass is 266 g/mol. The van der Waals surface area contributed by atoms with Crippen LogP contribution in [0.15, 0.2) is 11.4 Å². The van der Waals surface area contributed by atoms with Crippen LogP contribution in [0.3, 0.4) is 0 Å². The lowest BCUT2D eigenvalue weighted by atomic mass is 10.2. The maximum absolute atomic E-state index is 11.8. The summed E-state index contributed by atoms with van der Waals surface area (Å²) >= 11 is 1.55. The number of nitrogens with zero attached hydrogens (tertiary/aromatic N) is 1. The van der Waals surface area contributed by atoms with Gasteiger partial charge in [0, 0.05) is 23.5 Å². The Balaban J connectivity index is 2.58. The van der Waals surface area contributed by atoms with Crippen molar-refractivity contribution in [1.29, 1.82) is 0 Å². The minimum atomic E-state index is -0.152. The maximum atomic E-state index is 11.8. The zero-order valence-electron chi connectivity index (χ0n) is 10.7. The number of carbonyl (C=O) groups excluding carboxylic acids is 1. The van der Waals surface area contributed by atoms with Crippen LogP contribution in [-0.4, -0.2) is 35.7 Å². The maximum Gasteiger partial charge on any atom is 0.317 e. The highest BCUT2D eigenvalue weighted by Gasteiger charge is 2.09. The number of hydrogen-bond donors (Lipinski definition) is 2. The molecule has 1 rings (SSSR count). The van der Waals surface area contributed by atoms with E-state index in [0.717, 1.165) is 10.4 Å². The molecule has 1 aromatic rings. The SMILES string of the molecule is CCN(CC)C(=O)NCc1sccc1C#CCO. The number of aliphatic hydroxyl groups excluding tert-OH is 1. The van der Waals surface area contributed by atoms with E-state index in [4.69, 9.17) is 5.11 Å².